The smallest absolute Gasteiger partial charge is 0.268 e. The average molecular weight is 501 g/mol. The standard InChI is InChI=1S/C27H24N4O2S2/c1-2-30-26(28-29-27(30)34-19-11-14-21-12-5-3-6-13-21)24-20-31(25-18-10-9-17-23(24)25)35(32,33)22-15-7-4-8-16-22/h3-18,20H,2,19H2,1H3/b14-11+. The fourth-order valence-electron chi connectivity index (χ4n) is 3.98. The third-order valence-corrected chi connectivity index (χ3v) is 8.28. The van der Waals surface area contributed by atoms with Gasteiger partial charge in [-0.25, -0.2) is 12.4 Å². The predicted molar refractivity (Wildman–Crippen MR) is 142 cm³/mol. The zero-order chi connectivity index (χ0) is 24.3. The Labute approximate surface area is 209 Å². The second-order valence-electron chi connectivity index (χ2n) is 7.85. The monoisotopic (exact) mass is 500 g/mol. The van der Waals surface area contributed by atoms with Gasteiger partial charge in [-0.15, -0.1) is 10.2 Å². The van der Waals surface area contributed by atoms with Gasteiger partial charge in [0, 0.05) is 29.4 Å². The van der Waals surface area contributed by atoms with Crippen molar-refractivity contribution in [3.63, 3.8) is 0 Å². The summed E-state index contributed by atoms with van der Waals surface area (Å²) in [6.45, 7) is 2.70. The van der Waals surface area contributed by atoms with Crippen LogP contribution >= 0.6 is 11.8 Å². The van der Waals surface area contributed by atoms with Crippen molar-refractivity contribution in [3.8, 4) is 11.4 Å². The molecule has 3 aromatic carbocycles. The van der Waals surface area contributed by atoms with E-state index in [1.54, 1.807) is 48.3 Å². The number of fused-ring (bicyclic) bond motifs is 1. The molecule has 0 radical (unpaired) electrons. The van der Waals surface area contributed by atoms with Crippen molar-refractivity contribution in [3.05, 3.63) is 103 Å². The van der Waals surface area contributed by atoms with Crippen LogP contribution in [0.15, 0.2) is 107 Å². The number of rotatable bonds is 8. The lowest BCUT2D eigenvalue weighted by atomic mass is 10.1. The summed E-state index contributed by atoms with van der Waals surface area (Å²) in [6.07, 6.45) is 5.85. The molecule has 35 heavy (non-hydrogen) atoms. The maximum Gasteiger partial charge on any atom is 0.268 e. The molecule has 0 saturated heterocycles. The molecule has 0 bridgehead atoms. The number of para-hydroxylation sites is 1. The van der Waals surface area contributed by atoms with Crippen LogP contribution in [0.5, 0.6) is 0 Å². The van der Waals surface area contributed by atoms with E-state index in [0.717, 1.165) is 27.4 Å². The van der Waals surface area contributed by atoms with Crippen molar-refractivity contribution in [2.45, 2.75) is 23.5 Å². The first kappa shape index (κ1) is 23.1. The van der Waals surface area contributed by atoms with Crippen LogP contribution in [-0.2, 0) is 16.6 Å². The molecule has 2 aromatic heterocycles. The van der Waals surface area contributed by atoms with Crippen LogP contribution in [-0.4, -0.2) is 32.9 Å². The molecule has 2 heterocycles. The van der Waals surface area contributed by atoms with E-state index in [1.165, 1.54) is 3.97 Å². The second kappa shape index (κ2) is 9.93. The second-order valence-corrected chi connectivity index (χ2v) is 10.7. The van der Waals surface area contributed by atoms with E-state index < -0.39 is 10.0 Å². The number of thioether (sulfide) groups is 1. The number of hydrogen-bond acceptors (Lipinski definition) is 5. The van der Waals surface area contributed by atoms with E-state index in [-0.39, 0.29) is 4.90 Å². The van der Waals surface area contributed by atoms with Crippen LogP contribution in [0.25, 0.3) is 28.4 Å². The molecule has 0 aliphatic rings. The van der Waals surface area contributed by atoms with Gasteiger partial charge in [-0.05, 0) is 30.7 Å². The molecular weight excluding hydrogens is 476 g/mol. The minimum atomic E-state index is -3.76. The van der Waals surface area contributed by atoms with Crippen molar-refractivity contribution in [1.82, 2.24) is 18.7 Å². The molecule has 176 valence electrons. The maximum absolute atomic E-state index is 13.5. The minimum absolute atomic E-state index is 0.241. The highest BCUT2D eigenvalue weighted by atomic mass is 32.2. The van der Waals surface area contributed by atoms with Gasteiger partial charge in [0.2, 0.25) is 0 Å². The van der Waals surface area contributed by atoms with Gasteiger partial charge >= 0.3 is 0 Å². The number of nitrogens with zero attached hydrogens (tertiary/aromatic N) is 4. The Hall–Kier alpha value is -3.62. The number of hydrogen-bond donors (Lipinski definition) is 0. The van der Waals surface area contributed by atoms with Crippen molar-refractivity contribution in [2.24, 2.45) is 0 Å². The lowest BCUT2D eigenvalue weighted by Gasteiger charge is -2.07. The Balaban J connectivity index is 1.50. The molecule has 8 heteroatoms. The van der Waals surface area contributed by atoms with E-state index in [9.17, 15) is 8.42 Å². The fraction of sp³-hybridized carbons (Fsp3) is 0.111. The van der Waals surface area contributed by atoms with Crippen LogP contribution < -0.4 is 0 Å². The first-order valence-electron chi connectivity index (χ1n) is 11.3. The molecule has 0 aliphatic heterocycles. The molecule has 5 rings (SSSR count). The normalized spacial score (nSPS) is 12.0. The van der Waals surface area contributed by atoms with E-state index in [2.05, 4.69) is 34.5 Å². The summed E-state index contributed by atoms with van der Waals surface area (Å²) in [6, 6.07) is 26.1. The molecule has 0 unspecified atom stereocenters. The zero-order valence-electron chi connectivity index (χ0n) is 19.2. The van der Waals surface area contributed by atoms with Gasteiger partial charge in [0.05, 0.1) is 10.4 Å². The summed E-state index contributed by atoms with van der Waals surface area (Å²) in [7, 11) is -3.76. The maximum atomic E-state index is 13.5. The molecule has 0 spiro atoms. The summed E-state index contributed by atoms with van der Waals surface area (Å²) in [5, 5.41) is 10.5. The Morgan fingerprint density at radius 3 is 2.31 bits per heavy atom. The van der Waals surface area contributed by atoms with Crippen LogP contribution in [0.4, 0.5) is 0 Å². The first-order valence-corrected chi connectivity index (χ1v) is 13.7. The summed E-state index contributed by atoms with van der Waals surface area (Å²) in [5.41, 5.74) is 2.50. The van der Waals surface area contributed by atoms with Gasteiger partial charge in [0.15, 0.2) is 11.0 Å². The van der Waals surface area contributed by atoms with Gasteiger partial charge in [-0.3, -0.25) is 0 Å². The van der Waals surface area contributed by atoms with E-state index in [0.29, 0.717) is 17.9 Å². The SMILES string of the molecule is CCn1c(SC/C=C/c2ccccc2)nnc1-c1cn(S(=O)(=O)c2ccccc2)c2ccccc12. The van der Waals surface area contributed by atoms with Crippen molar-refractivity contribution >= 4 is 38.8 Å². The summed E-state index contributed by atoms with van der Waals surface area (Å²) in [5.74, 6) is 1.40. The fourth-order valence-corrected chi connectivity index (χ4v) is 6.19. The highest BCUT2D eigenvalue weighted by Gasteiger charge is 2.24. The third kappa shape index (κ3) is 4.54. The zero-order valence-corrected chi connectivity index (χ0v) is 20.8. The van der Waals surface area contributed by atoms with Crippen LogP contribution in [0.1, 0.15) is 12.5 Å². The Kier molecular flexibility index (Phi) is 6.57. The van der Waals surface area contributed by atoms with Gasteiger partial charge < -0.3 is 4.57 Å². The van der Waals surface area contributed by atoms with E-state index >= 15 is 0 Å². The molecule has 0 atom stereocenters. The van der Waals surface area contributed by atoms with Crippen molar-refractivity contribution < 1.29 is 8.42 Å². The number of benzene rings is 3. The molecule has 0 N–H and O–H groups in total. The Bertz CT molecular complexity index is 1590. The van der Waals surface area contributed by atoms with Crippen LogP contribution in [0.2, 0.25) is 0 Å². The van der Waals surface area contributed by atoms with E-state index in [1.807, 2.05) is 54.0 Å². The minimum Gasteiger partial charge on any atom is -0.302 e. The highest BCUT2D eigenvalue weighted by molar-refractivity contribution is 7.99. The molecule has 0 fully saturated rings. The Morgan fingerprint density at radius 1 is 0.886 bits per heavy atom. The molecule has 0 aliphatic carbocycles. The van der Waals surface area contributed by atoms with E-state index in [4.69, 9.17) is 0 Å². The predicted octanol–water partition coefficient (Wildman–Crippen LogP) is 5.96. The first-order chi connectivity index (χ1) is 17.1. The van der Waals surface area contributed by atoms with Gasteiger partial charge in [-0.2, -0.15) is 0 Å². The molecular formula is C27H24N4O2S2. The third-order valence-electron chi connectivity index (χ3n) is 5.67. The Morgan fingerprint density at radius 2 is 1.57 bits per heavy atom. The van der Waals surface area contributed by atoms with Gasteiger partial charge in [-0.1, -0.05) is 90.6 Å². The van der Waals surface area contributed by atoms with Crippen molar-refractivity contribution in [1.29, 1.82) is 0 Å². The summed E-state index contributed by atoms with van der Waals surface area (Å²) < 4.78 is 30.3. The topological polar surface area (TPSA) is 69.8 Å². The van der Waals surface area contributed by atoms with Crippen LogP contribution in [0.3, 0.4) is 0 Å². The average Bonchev–Trinajstić information content (AvgIpc) is 3.49. The summed E-state index contributed by atoms with van der Waals surface area (Å²) >= 11 is 1.60. The summed E-state index contributed by atoms with van der Waals surface area (Å²) in [4.78, 5) is 0.241. The van der Waals surface area contributed by atoms with Gasteiger partial charge in [0.1, 0.15) is 0 Å². The molecule has 0 saturated carbocycles. The van der Waals surface area contributed by atoms with Crippen LogP contribution in [0, 0.1) is 0 Å². The molecule has 0 amide bonds. The highest BCUT2D eigenvalue weighted by Crippen LogP contribution is 2.33. The number of aromatic nitrogens is 4. The van der Waals surface area contributed by atoms with Crippen molar-refractivity contribution in [2.75, 3.05) is 5.75 Å². The largest absolute Gasteiger partial charge is 0.302 e. The molecule has 6 nitrogen and oxygen atoms in total. The lowest BCUT2D eigenvalue weighted by molar-refractivity contribution is 0.589. The van der Waals surface area contributed by atoms with Gasteiger partial charge in [0.25, 0.3) is 10.0 Å². The lowest BCUT2D eigenvalue weighted by Crippen LogP contribution is -2.11. The molecule has 5 aromatic rings. The quantitative estimate of drug-likeness (QED) is 0.246.